The average molecular weight is 186 g/mol. The van der Waals surface area contributed by atoms with Crippen molar-refractivity contribution in [1.82, 2.24) is 10.2 Å². The third kappa shape index (κ3) is 7.96. The summed E-state index contributed by atoms with van der Waals surface area (Å²) >= 11 is 0. The molecule has 0 bridgehead atoms. The number of hydrogen-bond donors (Lipinski definition) is 1. The summed E-state index contributed by atoms with van der Waals surface area (Å²) in [6, 6.07) is 0. The van der Waals surface area contributed by atoms with Gasteiger partial charge in [-0.2, -0.15) is 0 Å². The maximum Gasteiger partial charge on any atom is 0.0587 e. The largest absolute Gasteiger partial charge is 0.383 e. The third-order valence-electron chi connectivity index (χ3n) is 1.92. The summed E-state index contributed by atoms with van der Waals surface area (Å²) in [4.78, 5) is 2.34. The third-order valence-corrected chi connectivity index (χ3v) is 1.92. The summed E-state index contributed by atoms with van der Waals surface area (Å²) in [6.45, 7) is 11.8. The number of likely N-dealkylation sites (N-methyl/N-ethyl adjacent to an activating group) is 1. The van der Waals surface area contributed by atoms with E-state index in [0.717, 1.165) is 39.3 Å². The summed E-state index contributed by atoms with van der Waals surface area (Å²) < 4.78 is 4.93. The molecule has 0 amide bonds. The molecule has 0 spiro atoms. The van der Waals surface area contributed by atoms with Gasteiger partial charge in [-0.1, -0.05) is 13.0 Å². The van der Waals surface area contributed by atoms with Crippen molar-refractivity contribution in [3.8, 4) is 0 Å². The van der Waals surface area contributed by atoms with Gasteiger partial charge in [0.25, 0.3) is 0 Å². The Labute approximate surface area is 81.8 Å². The molecule has 0 fully saturated rings. The molecule has 3 nitrogen and oxygen atoms in total. The zero-order chi connectivity index (χ0) is 9.94. The van der Waals surface area contributed by atoms with Gasteiger partial charge in [-0.15, -0.1) is 6.58 Å². The molecule has 0 heterocycles. The van der Waals surface area contributed by atoms with Crippen LogP contribution >= 0.6 is 0 Å². The molecule has 0 saturated heterocycles. The summed E-state index contributed by atoms with van der Waals surface area (Å²) in [6.07, 6.45) is 1.94. The first kappa shape index (κ1) is 12.6. The second-order valence-corrected chi connectivity index (χ2v) is 2.92. The van der Waals surface area contributed by atoms with Crippen molar-refractivity contribution in [3.05, 3.63) is 12.7 Å². The molecule has 0 saturated carbocycles. The van der Waals surface area contributed by atoms with Gasteiger partial charge in [0.1, 0.15) is 0 Å². The SMILES string of the molecule is C=CCN(CC)CCNCCOC. The molecule has 0 aromatic rings. The van der Waals surface area contributed by atoms with E-state index in [0.29, 0.717) is 0 Å². The number of ether oxygens (including phenoxy) is 1. The second-order valence-electron chi connectivity index (χ2n) is 2.92. The quantitative estimate of drug-likeness (QED) is 0.424. The molecule has 0 unspecified atom stereocenters. The van der Waals surface area contributed by atoms with Crippen LogP contribution in [0, 0.1) is 0 Å². The van der Waals surface area contributed by atoms with Gasteiger partial charge in [0.2, 0.25) is 0 Å². The Balaban J connectivity index is 3.22. The first-order valence-corrected chi connectivity index (χ1v) is 4.88. The predicted molar refractivity (Wildman–Crippen MR) is 57.1 cm³/mol. The summed E-state index contributed by atoms with van der Waals surface area (Å²) in [5.41, 5.74) is 0. The van der Waals surface area contributed by atoms with Gasteiger partial charge in [-0.25, -0.2) is 0 Å². The summed E-state index contributed by atoms with van der Waals surface area (Å²) in [7, 11) is 1.72. The minimum atomic E-state index is 0.785. The molecule has 0 rings (SSSR count). The number of methoxy groups -OCH3 is 1. The van der Waals surface area contributed by atoms with Crippen LogP contribution in [0.1, 0.15) is 6.92 Å². The maximum absolute atomic E-state index is 4.93. The van der Waals surface area contributed by atoms with Gasteiger partial charge in [-0.3, -0.25) is 4.90 Å². The smallest absolute Gasteiger partial charge is 0.0587 e. The van der Waals surface area contributed by atoms with Crippen molar-refractivity contribution in [2.24, 2.45) is 0 Å². The molecule has 0 aromatic carbocycles. The molecule has 0 aliphatic rings. The zero-order valence-electron chi connectivity index (χ0n) is 8.88. The molecule has 3 heteroatoms. The highest BCUT2D eigenvalue weighted by Gasteiger charge is 1.97. The fourth-order valence-electron chi connectivity index (χ4n) is 1.10. The van der Waals surface area contributed by atoms with Crippen molar-refractivity contribution >= 4 is 0 Å². The molecular formula is C10H22N2O. The number of nitrogens with zero attached hydrogens (tertiary/aromatic N) is 1. The van der Waals surface area contributed by atoms with Crippen molar-refractivity contribution in [1.29, 1.82) is 0 Å². The lowest BCUT2D eigenvalue weighted by Crippen LogP contribution is -2.33. The van der Waals surface area contributed by atoms with E-state index >= 15 is 0 Å². The highest BCUT2D eigenvalue weighted by atomic mass is 16.5. The minimum Gasteiger partial charge on any atom is -0.383 e. The number of nitrogens with one attached hydrogen (secondary N) is 1. The normalized spacial score (nSPS) is 10.7. The van der Waals surface area contributed by atoms with Crippen LogP contribution in [0.4, 0.5) is 0 Å². The van der Waals surface area contributed by atoms with Crippen LogP contribution in [0.3, 0.4) is 0 Å². The van der Waals surface area contributed by atoms with Crippen LogP contribution in [-0.4, -0.2) is 51.3 Å². The van der Waals surface area contributed by atoms with Crippen molar-refractivity contribution in [2.75, 3.05) is 46.4 Å². The Kier molecular flexibility index (Phi) is 9.42. The second kappa shape index (κ2) is 9.71. The van der Waals surface area contributed by atoms with Crippen molar-refractivity contribution < 1.29 is 4.74 Å². The average Bonchev–Trinajstić information content (AvgIpc) is 2.16. The summed E-state index contributed by atoms with van der Waals surface area (Å²) in [5, 5.41) is 3.31. The van der Waals surface area contributed by atoms with E-state index in [1.807, 2.05) is 6.08 Å². The molecular weight excluding hydrogens is 164 g/mol. The van der Waals surface area contributed by atoms with Gasteiger partial charge in [-0.05, 0) is 6.54 Å². The lowest BCUT2D eigenvalue weighted by Gasteiger charge is -2.18. The maximum atomic E-state index is 4.93. The Morgan fingerprint density at radius 2 is 2.23 bits per heavy atom. The molecule has 0 aliphatic carbocycles. The van der Waals surface area contributed by atoms with E-state index in [4.69, 9.17) is 4.74 Å². The number of rotatable bonds is 9. The molecule has 78 valence electrons. The lowest BCUT2D eigenvalue weighted by molar-refractivity contribution is 0.197. The number of hydrogen-bond acceptors (Lipinski definition) is 3. The van der Waals surface area contributed by atoms with Crippen LogP contribution in [0.25, 0.3) is 0 Å². The zero-order valence-corrected chi connectivity index (χ0v) is 8.88. The van der Waals surface area contributed by atoms with E-state index in [-0.39, 0.29) is 0 Å². The van der Waals surface area contributed by atoms with E-state index < -0.39 is 0 Å². The van der Waals surface area contributed by atoms with Gasteiger partial charge >= 0.3 is 0 Å². The predicted octanol–water partition coefficient (Wildman–Crippen LogP) is 0.730. The Hall–Kier alpha value is -0.380. The minimum absolute atomic E-state index is 0.785. The van der Waals surface area contributed by atoms with Crippen LogP contribution in [0.15, 0.2) is 12.7 Å². The Morgan fingerprint density at radius 1 is 1.46 bits per heavy atom. The molecule has 0 atom stereocenters. The highest BCUT2D eigenvalue weighted by molar-refractivity contribution is 4.72. The molecule has 13 heavy (non-hydrogen) atoms. The van der Waals surface area contributed by atoms with E-state index in [9.17, 15) is 0 Å². The molecule has 0 aromatic heterocycles. The van der Waals surface area contributed by atoms with Crippen LogP contribution in [-0.2, 0) is 4.74 Å². The Morgan fingerprint density at radius 3 is 2.77 bits per heavy atom. The van der Waals surface area contributed by atoms with Crippen LogP contribution in [0.5, 0.6) is 0 Å². The first-order chi connectivity index (χ1) is 6.35. The van der Waals surface area contributed by atoms with Crippen LogP contribution < -0.4 is 5.32 Å². The summed E-state index contributed by atoms with van der Waals surface area (Å²) in [5.74, 6) is 0. The van der Waals surface area contributed by atoms with Gasteiger partial charge in [0.05, 0.1) is 6.61 Å². The molecule has 0 radical (unpaired) electrons. The van der Waals surface area contributed by atoms with E-state index in [1.165, 1.54) is 0 Å². The molecule has 0 aliphatic heterocycles. The topological polar surface area (TPSA) is 24.5 Å². The highest BCUT2D eigenvalue weighted by Crippen LogP contribution is 1.85. The van der Waals surface area contributed by atoms with Gasteiger partial charge in [0.15, 0.2) is 0 Å². The lowest BCUT2D eigenvalue weighted by atomic mass is 10.4. The van der Waals surface area contributed by atoms with Crippen molar-refractivity contribution in [3.63, 3.8) is 0 Å². The van der Waals surface area contributed by atoms with E-state index in [1.54, 1.807) is 7.11 Å². The fourth-order valence-corrected chi connectivity index (χ4v) is 1.10. The standard InChI is InChI=1S/C10H22N2O/c1-4-8-12(5-2)9-6-11-7-10-13-3/h4,11H,1,5-10H2,2-3H3. The van der Waals surface area contributed by atoms with Crippen molar-refractivity contribution in [2.45, 2.75) is 6.92 Å². The van der Waals surface area contributed by atoms with Crippen LogP contribution in [0.2, 0.25) is 0 Å². The first-order valence-electron chi connectivity index (χ1n) is 4.88. The fraction of sp³-hybridized carbons (Fsp3) is 0.800. The monoisotopic (exact) mass is 186 g/mol. The molecule has 1 N–H and O–H groups in total. The van der Waals surface area contributed by atoms with E-state index in [2.05, 4.69) is 23.7 Å². The van der Waals surface area contributed by atoms with Gasteiger partial charge < -0.3 is 10.1 Å². The van der Waals surface area contributed by atoms with Gasteiger partial charge in [0, 0.05) is 33.3 Å². The Bertz CT molecular complexity index is 117.